The van der Waals surface area contributed by atoms with Gasteiger partial charge in [-0.1, -0.05) is 22.9 Å². The van der Waals surface area contributed by atoms with Crippen LogP contribution in [0.25, 0.3) is 0 Å². The van der Waals surface area contributed by atoms with Gasteiger partial charge in [-0.3, -0.25) is 14.9 Å². The Morgan fingerprint density at radius 1 is 1.24 bits per heavy atom. The van der Waals surface area contributed by atoms with Gasteiger partial charge >= 0.3 is 0 Å². The first kappa shape index (κ1) is 18.6. The van der Waals surface area contributed by atoms with Crippen LogP contribution in [0.3, 0.4) is 0 Å². The van der Waals surface area contributed by atoms with E-state index in [2.05, 4.69) is 31.8 Å². The summed E-state index contributed by atoms with van der Waals surface area (Å²) in [5.74, 6) is -0.261. The lowest BCUT2D eigenvalue weighted by molar-refractivity contribution is -0.384. The topological polar surface area (TPSA) is 96.6 Å². The first-order chi connectivity index (χ1) is 12.0. The summed E-state index contributed by atoms with van der Waals surface area (Å²) >= 11 is 3.36. The SMILES string of the molecule is CC[C@@H](Nc1ccc(Br)cc1)C(=O)N/N=C\c1ccc([N+](=O)[O-])cc1. The monoisotopic (exact) mass is 404 g/mol. The second-order valence-electron chi connectivity index (χ2n) is 5.19. The van der Waals surface area contributed by atoms with E-state index >= 15 is 0 Å². The maximum atomic E-state index is 12.2. The largest absolute Gasteiger partial charge is 0.374 e. The molecular weight excluding hydrogens is 388 g/mol. The minimum atomic E-state index is -0.470. The number of non-ortho nitro benzene ring substituents is 1. The predicted molar refractivity (Wildman–Crippen MR) is 101 cm³/mol. The third-order valence-electron chi connectivity index (χ3n) is 3.40. The molecule has 8 heteroatoms. The fourth-order valence-electron chi connectivity index (χ4n) is 2.03. The number of rotatable bonds is 7. The Balaban J connectivity index is 1.92. The molecule has 2 aromatic rings. The summed E-state index contributed by atoms with van der Waals surface area (Å²) in [5.41, 5.74) is 3.97. The molecule has 0 aliphatic carbocycles. The van der Waals surface area contributed by atoms with Crippen molar-refractivity contribution in [3.8, 4) is 0 Å². The van der Waals surface area contributed by atoms with Crippen LogP contribution in [0.15, 0.2) is 58.1 Å². The summed E-state index contributed by atoms with van der Waals surface area (Å²) in [6.45, 7) is 1.90. The Labute approximate surface area is 153 Å². The van der Waals surface area contributed by atoms with Crippen molar-refractivity contribution in [1.82, 2.24) is 5.43 Å². The number of amides is 1. The minimum absolute atomic E-state index is 0.00549. The van der Waals surface area contributed by atoms with E-state index in [4.69, 9.17) is 0 Å². The molecule has 0 fully saturated rings. The van der Waals surface area contributed by atoms with E-state index < -0.39 is 11.0 Å². The molecular formula is C17H17BrN4O3. The van der Waals surface area contributed by atoms with E-state index in [-0.39, 0.29) is 11.6 Å². The van der Waals surface area contributed by atoms with Gasteiger partial charge in [0.15, 0.2) is 0 Å². The van der Waals surface area contributed by atoms with Crippen molar-refractivity contribution in [2.45, 2.75) is 19.4 Å². The first-order valence-corrected chi connectivity index (χ1v) is 8.38. The van der Waals surface area contributed by atoms with Crippen LogP contribution in [-0.4, -0.2) is 23.1 Å². The van der Waals surface area contributed by atoms with E-state index in [1.54, 1.807) is 12.1 Å². The summed E-state index contributed by atoms with van der Waals surface area (Å²) in [5, 5.41) is 17.6. The van der Waals surface area contributed by atoms with Crippen molar-refractivity contribution in [3.63, 3.8) is 0 Å². The van der Waals surface area contributed by atoms with Gasteiger partial charge < -0.3 is 5.32 Å². The summed E-state index contributed by atoms with van der Waals surface area (Å²) in [6.07, 6.45) is 2.03. The Hall–Kier alpha value is -2.74. The second-order valence-corrected chi connectivity index (χ2v) is 6.11. The van der Waals surface area contributed by atoms with E-state index in [0.717, 1.165) is 10.2 Å². The van der Waals surface area contributed by atoms with E-state index in [0.29, 0.717) is 12.0 Å². The van der Waals surface area contributed by atoms with Crippen LogP contribution < -0.4 is 10.7 Å². The van der Waals surface area contributed by atoms with Crippen LogP contribution in [0.2, 0.25) is 0 Å². The van der Waals surface area contributed by atoms with Gasteiger partial charge in [0.2, 0.25) is 0 Å². The molecule has 2 rings (SSSR count). The molecule has 0 saturated carbocycles. The van der Waals surface area contributed by atoms with Crippen LogP contribution in [0.1, 0.15) is 18.9 Å². The Morgan fingerprint density at radius 3 is 2.44 bits per heavy atom. The molecule has 0 heterocycles. The average Bonchev–Trinajstić information content (AvgIpc) is 2.61. The van der Waals surface area contributed by atoms with Gasteiger partial charge in [0.05, 0.1) is 11.1 Å². The number of nitrogens with zero attached hydrogens (tertiary/aromatic N) is 2. The minimum Gasteiger partial charge on any atom is -0.374 e. The van der Waals surface area contributed by atoms with Gasteiger partial charge in [0, 0.05) is 22.3 Å². The molecule has 0 aliphatic rings. The molecule has 0 spiro atoms. The molecule has 1 amide bonds. The number of carbonyl (C=O) groups excluding carboxylic acids is 1. The average molecular weight is 405 g/mol. The van der Waals surface area contributed by atoms with Crippen molar-refractivity contribution >= 4 is 39.4 Å². The number of benzene rings is 2. The Morgan fingerprint density at radius 2 is 1.88 bits per heavy atom. The molecule has 2 N–H and O–H groups in total. The molecule has 0 aromatic heterocycles. The molecule has 0 bridgehead atoms. The highest BCUT2D eigenvalue weighted by atomic mass is 79.9. The van der Waals surface area contributed by atoms with Crippen molar-refractivity contribution in [2.75, 3.05) is 5.32 Å². The normalized spacial score (nSPS) is 11.9. The number of anilines is 1. The van der Waals surface area contributed by atoms with Crippen LogP contribution in [0, 0.1) is 10.1 Å². The fraction of sp³-hybridized carbons (Fsp3) is 0.176. The molecule has 7 nitrogen and oxygen atoms in total. The number of carbonyl (C=O) groups is 1. The molecule has 0 radical (unpaired) electrons. The molecule has 0 saturated heterocycles. The van der Waals surface area contributed by atoms with E-state index in [9.17, 15) is 14.9 Å². The third kappa shape index (κ3) is 5.68. The number of hydrogen-bond donors (Lipinski definition) is 2. The molecule has 0 aliphatic heterocycles. The fourth-order valence-corrected chi connectivity index (χ4v) is 2.30. The smallest absolute Gasteiger partial charge is 0.269 e. The highest BCUT2D eigenvalue weighted by Gasteiger charge is 2.15. The lowest BCUT2D eigenvalue weighted by Gasteiger charge is -2.16. The highest BCUT2D eigenvalue weighted by molar-refractivity contribution is 9.10. The molecule has 25 heavy (non-hydrogen) atoms. The number of nitro groups is 1. The standard InChI is InChI=1S/C17H17BrN4O3/c1-2-16(20-14-7-5-13(18)6-8-14)17(23)21-19-11-12-3-9-15(10-4-12)22(24)25/h3-11,16,20H,2H2,1H3,(H,21,23)/b19-11-/t16-/m1/s1. The van der Waals surface area contributed by atoms with Crippen molar-refractivity contribution < 1.29 is 9.72 Å². The van der Waals surface area contributed by atoms with Gasteiger partial charge in [-0.05, 0) is 48.4 Å². The summed E-state index contributed by atoms with van der Waals surface area (Å²) in [4.78, 5) is 22.3. The van der Waals surface area contributed by atoms with Crippen molar-refractivity contribution in [3.05, 3.63) is 68.7 Å². The summed E-state index contributed by atoms with van der Waals surface area (Å²) < 4.78 is 0.961. The van der Waals surface area contributed by atoms with Gasteiger partial charge in [-0.2, -0.15) is 5.10 Å². The van der Waals surface area contributed by atoms with Gasteiger partial charge in [0.1, 0.15) is 6.04 Å². The predicted octanol–water partition coefficient (Wildman–Crippen LogP) is 3.70. The zero-order chi connectivity index (χ0) is 18.2. The highest BCUT2D eigenvalue weighted by Crippen LogP contribution is 2.15. The van der Waals surface area contributed by atoms with Crippen LogP contribution >= 0.6 is 15.9 Å². The summed E-state index contributed by atoms with van der Waals surface area (Å²) in [7, 11) is 0. The quantitative estimate of drug-likeness (QED) is 0.417. The van der Waals surface area contributed by atoms with Crippen LogP contribution in [-0.2, 0) is 4.79 Å². The summed E-state index contributed by atoms with van der Waals surface area (Å²) in [6, 6.07) is 13.0. The van der Waals surface area contributed by atoms with E-state index in [1.807, 2.05) is 31.2 Å². The maximum absolute atomic E-state index is 12.2. The zero-order valence-corrected chi connectivity index (χ0v) is 15.1. The zero-order valence-electron chi connectivity index (χ0n) is 13.5. The van der Waals surface area contributed by atoms with Gasteiger partial charge in [0.25, 0.3) is 11.6 Å². The van der Waals surface area contributed by atoms with Crippen LogP contribution in [0.5, 0.6) is 0 Å². The molecule has 0 unspecified atom stereocenters. The molecule has 130 valence electrons. The third-order valence-corrected chi connectivity index (χ3v) is 3.93. The number of halogens is 1. The maximum Gasteiger partial charge on any atom is 0.269 e. The van der Waals surface area contributed by atoms with Gasteiger partial charge in [-0.25, -0.2) is 5.43 Å². The lowest BCUT2D eigenvalue weighted by Crippen LogP contribution is -2.36. The van der Waals surface area contributed by atoms with Crippen molar-refractivity contribution in [1.29, 1.82) is 0 Å². The van der Waals surface area contributed by atoms with E-state index in [1.165, 1.54) is 18.3 Å². The lowest BCUT2D eigenvalue weighted by atomic mass is 10.2. The number of nitro benzene ring substituents is 1. The second kappa shape index (κ2) is 8.93. The van der Waals surface area contributed by atoms with Crippen molar-refractivity contribution in [2.24, 2.45) is 5.10 Å². The molecule has 1 atom stereocenters. The number of nitrogens with one attached hydrogen (secondary N) is 2. The number of hydrogen-bond acceptors (Lipinski definition) is 5. The van der Waals surface area contributed by atoms with Gasteiger partial charge in [-0.15, -0.1) is 0 Å². The molecule has 2 aromatic carbocycles. The Bertz CT molecular complexity index is 760. The Kier molecular flexibility index (Phi) is 6.64. The van der Waals surface area contributed by atoms with Crippen LogP contribution in [0.4, 0.5) is 11.4 Å². The first-order valence-electron chi connectivity index (χ1n) is 7.59. The number of hydrazone groups is 1.